The second-order valence-corrected chi connectivity index (χ2v) is 8.43. The first-order valence-electron chi connectivity index (χ1n) is 9.15. The summed E-state index contributed by atoms with van der Waals surface area (Å²) in [4.78, 5) is 0. The van der Waals surface area contributed by atoms with Crippen molar-refractivity contribution in [3.63, 3.8) is 0 Å². The maximum atomic E-state index is 6.08. The Morgan fingerprint density at radius 2 is 1.87 bits per heavy atom. The van der Waals surface area contributed by atoms with Gasteiger partial charge < -0.3 is 9.47 Å². The normalized spacial score (nSPS) is 22.3. The molecule has 0 aliphatic carbocycles. The molecule has 3 unspecified atom stereocenters. The first kappa shape index (κ1) is 18.3. The molecule has 0 aromatic heterocycles. The molecule has 1 saturated heterocycles. The predicted octanol–water partition coefficient (Wildman–Crippen LogP) is 5.69. The smallest absolute Gasteiger partial charge is 0.123 e. The summed E-state index contributed by atoms with van der Waals surface area (Å²) in [6.45, 7) is 16.4. The van der Waals surface area contributed by atoms with Crippen LogP contribution >= 0.6 is 0 Å². The maximum Gasteiger partial charge on any atom is 0.123 e. The van der Waals surface area contributed by atoms with Crippen LogP contribution in [0.4, 0.5) is 0 Å². The van der Waals surface area contributed by atoms with Crippen molar-refractivity contribution in [3.05, 3.63) is 29.3 Å². The molecule has 1 fully saturated rings. The van der Waals surface area contributed by atoms with E-state index in [1.165, 1.54) is 11.1 Å². The number of hydrogen-bond acceptors (Lipinski definition) is 2. The standard InChI is InChI=1S/C21H34O2/c1-8-16(12-20-15(4)23-20)17-9-10-19(22-13-14(2)3)18(11-17)21(5,6)7/h9-11,14-16,20H,8,12-13H2,1-7H3. The average Bonchev–Trinajstić information content (AvgIpc) is 3.16. The highest BCUT2D eigenvalue weighted by atomic mass is 16.6. The lowest BCUT2D eigenvalue weighted by atomic mass is 9.82. The van der Waals surface area contributed by atoms with E-state index in [1.54, 1.807) is 0 Å². The number of hydrogen-bond donors (Lipinski definition) is 0. The molecule has 3 atom stereocenters. The Morgan fingerprint density at radius 1 is 1.22 bits per heavy atom. The molecule has 0 N–H and O–H groups in total. The Kier molecular flexibility index (Phi) is 5.78. The fourth-order valence-corrected chi connectivity index (χ4v) is 3.07. The van der Waals surface area contributed by atoms with Crippen LogP contribution in [0.5, 0.6) is 5.75 Å². The monoisotopic (exact) mass is 318 g/mol. The molecule has 0 radical (unpaired) electrons. The van der Waals surface area contributed by atoms with Crippen LogP contribution in [0.3, 0.4) is 0 Å². The zero-order chi connectivity index (χ0) is 17.2. The molecule has 0 bridgehead atoms. The highest BCUT2D eigenvalue weighted by Crippen LogP contribution is 2.38. The van der Waals surface area contributed by atoms with Crippen molar-refractivity contribution in [1.29, 1.82) is 0 Å². The fraction of sp³-hybridized carbons (Fsp3) is 0.714. The SMILES string of the molecule is CCC(CC1OC1C)c1ccc(OCC(C)C)c(C(C)(C)C)c1. The molecule has 1 heterocycles. The summed E-state index contributed by atoms with van der Waals surface area (Å²) < 4.78 is 11.7. The molecule has 1 aliphatic heterocycles. The molecule has 1 aromatic carbocycles. The molecule has 0 spiro atoms. The number of rotatable bonds is 7. The lowest BCUT2D eigenvalue weighted by Crippen LogP contribution is -2.16. The zero-order valence-corrected chi connectivity index (χ0v) is 16.0. The van der Waals surface area contributed by atoms with Crippen LogP contribution in [0, 0.1) is 5.92 Å². The first-order chi connectivity index (χ1) is 10.7. The van der Waals surface area contributed by atoms with Gasteiger partial charge in [-0.05, 0) is 54.2 Å². The molecule has 0 saturated carbocycles. The zero-order valence-electron chi connectivity index (χ0n) is 16.0. The largest absolute Gasteiger partial charge is 0.493 e. The molecular formula is C21H34O2. The molecule has 0 amide bonds. The number of ether oxygens (including phenoxy) is 2. The Labute approximate surface area is 142 Å². The lowest BCUT2D eigenvalue weighted by Gasteiger charge is -2.26. The molecule has 1 aliphatic rings. The van der Waals surface area contributed by atoms with Crippen molar-refractivity contribution < 1.29 is 9.47 Å². The highest BCUT2D eigenvalue weighted by molar-refractivity contribution is 5.42. The first-order valence-corrected chi connectivity index (χ1v) is 9.15. The third-order valence-corrected chi connectivity index (χ3v) is 4.70. The molecule has 23 heavy (non-hydrogen) atoms. The van der Waals surface area contributed by atoms with E-state index in [-0.39, 0.29) is 5.41 Å². The van der Waals surface area contributed by atoms with Gasteiger partial charge in [-0.2, -0.15) is 0 Å². The second kappa shape index (κ2) is 7.25. The maximum absolute atomic E-state index is 6.08. The van der Waals surface area contributed by atoms with Crippen LogP contribution in [0.2, 0.25) is 0 Å². The van der Waals surface area contributed by atoms with Gasteiger partial charge >= 0.3 is 0 Å². The van der Waals surface area contributed by atoms with Crippen molar-refractivity contribution in [2.24, 2.45) is 5.92 Å². The van der Waals surface area contributed by atoms with Gasteiger partial charge in [-0.3, -0.25) is 0 Å². The minimum atomic E-state index is 0.0873. The van der Waals surface area contributed by atoms with Crippen LogP contribution in [-0.2, 0) is 10.2 Å². The summed E-state index contributed by atoms with van der Waals surface area (Å²) in [7, 11) is 0. The van der Waals surface area contributed by atoms with Crippen LogP contribution in [0.25, 0.3) is 0 Å². The third-order valence-electron chi connectivity index (χ3n) is 4.70. The fourth-order valence-electron chi connectivity index (χ4n) is 3.07. The number of benzene rings is 1. The third kappa shape index (κ3) is 4.97. The van der Waals surface area contributed by atoms with Crippen molar-refractivity contribution >= 4 is 0 Å². The molecule has 1 aromatic rings. The van der Waals surface area contributed by atoms with E-state index in [9.17, 15) is 0 Å². The summed E-state index contributed by atoms with van der Waals surface area (Å²) >= 11 is 0. The van der Waals surface area contributed by atoms with Crippen LogP contribution in [-0.4, -0.2) is 18.8 Å². The van der Waals surface area contributed by atoms with Gasteiger partial charge in [0, 0.05) is 0 Å². The summed E-state index contributed by atoms with van der Waals surface area (Å²) in [5, 5.41) is 0. The van der Waals surface area contributed by atoms with Crippen molar-refractivity contribution in [2.75, 3.05) is 6.61 Å². The molecule has 2 rings (SSSR count). The predicted molar refractivity (Wildman–Crippen MR) is 97.5 cm³/mol. The van der Waals surface area contributed by atoms with Gasteiger partial charge in [-0.25, -0.2) is 0 Å². The molecule has 2 nitrogen and oxygen atoms in total. The van der Waals surface area contributed by atoms with Crippen molar-refractivity contribution in [2.45, 2.75) is 84.8 Å². The molecule has 2 heteroatoms. The quantitative estimate of drug-likeness (QED) is 0.602. The van der Waals surface area contributed by atoms with Gasteiger partial charge in [0.25, 0.3) is 0 Å². The van der Waals surface area contributed by atoms with E-state index < -0.39 is 0 Å². The minimum absolute atomic E-state index is 0.0873. The summed E-state index contributed by atoms with van der Waals surface area (Å²) in [5.74, 6) is 2.16. The topological polar surface area (TPSA) is 21.8 Å². The Morgan fingerprint density at radius 3 is 2.35 bits per heavy atom. The van der Waals surface area contributed by atoms with Crippen LogP contribution < -0.4 is 4.74 Å². The van der Waals surface area contributed by atoms with Crippen LogP contribution in [0.1, 0.15) is 78.4 Å². The second-order valence-electron chi connectivity index (χ2n) is 8.43. The molecular weight excluding hydrogens is 284 g/mol. The van der Waals surface area contributed by atoms with E-state index in [4.69, 9.17) is 9.47 Å². The lowest BCUT2D eigenvalue weighted by molar-refractivity contribution is 0.264. The van der Waals surface area contributed by atoms with Gasteiger partial charge in [0.05, 0.1) is 18.8 Å². The average molecular weight is 319 g/mol. The van der Waals surface area contributed by atoms with Gasteiger partial charge in [0.1, 0.15) is 5.75 Å². The Hall–Kier alpha value is -1.02. The summed E-state index contributed by atoms with van der Waals surface area (Å²) in [5.41, 5.74) is 2.83. The van der Waals surface area contributed by atoms with Gasteiger partial charge in [-0.1, -0.05) is 53.7 Å². The van der Waals surface area contributed by atoms with E-state index in [0.29, 0.717) is 24.0 Å². The van der Waals surface area contributed by atoms with E-state index in [1.807, 2.05) is 0 Å². The number of epoxide rings is 1. The Bertz CT molecular complexity index is 513. The van der Waals surface area contributed by atoms with E-state index >= 15 is 0 Å². The van der Waals surface area contributed by atoms with Crippen molar-refractivity contribution in [1.82, 2.24) is 0 Å². The van der Waals surface area contributed by atoms with Crippen LogP contribution in [0.15, 0.2) is 18.2 Å². The van der Waals surface area contributed by atoms with E-state index in [0.717, 1.165) is 25.2 Å². The van der Waals surface area contributed by atoms with Gasteiger partial charge in [0.2, 0.25) is 0 Å². The van der Waals surface area contributed by atoms with Gasteiger partial charge in [0.15, 0.2) is 0 Å². The van der Waals surface area contributed by atoms with E-state index in [2.05, 4.69) is 66.7 Å². The highest BCUT2D eigenvalue weighted by Gasteiger charge is 2.36. The minimum Gasteiger partial charge on any atom is -0.493 e. The summed E-state index contributed by atoms with van der Waals surface area (Å²) in [6, 6.07) is 6.81. The van der Waals surface area contributed by atoms with Crippen molar-refractivity contribution in [3.8, 4) is 5.75 Å². The molecule has 130 valence electrons. The Balaban J connectivity index is 2.23. The summed E-state index contributed by atoms with van der Waals surface area (Å²) in [6.07, 6.45) is 3.19. The van der Waals surface area contributed by atoms with Gasteiger partial charge in [-0.15, -0.1) is 0 Å².